The number of esters is 2. The molecule has 1 rings (SSSR count). The van der Waals surface area contributed by atoms with Crippen molar-refractivity contribution in [1.82, 2.24) is 16.0 Å². The Kier molecular flexibility index (Phi) is 9.19. The van der Waals surface area contributed by atoms with Crippen LogP contribution < -0.4 is 16.0 Å². The molecule has 10 nitrogen and oxygen atoms in total. The van der Waals surface area contributed by atoms with Crippen LogP contribution in [0.15, 0.2) is 0 Å². The molecule has 29 heavy (non-hydrogen) atoms. The van der Waals surface area contributed by atoms with E-state index in [9.17, 15) is 19.2 Å². The van der Waals surface area contributed by atoms with Crippen molar-refractivity contribution in [2.24, 2.45) is 17.8 Å². The van der Waals surface area contributed by atoms with Gasteiger partial charge in [-0.05, 0) is 47.5 Å². The number of ether oxygens (including phenoxy) is 3. The van der Waals surface area contributed by atoms with Gasteiger partial charge in [0.2, 0.25) is 0 Å². The van der Waals surface area contributed by atoms with Gasteiger partial charge in [0.15, 0.2) is 0 Å². The lowest BCUT2D eigenvalue weighted by Crippen LogP contribution is -2.46. The summed E-state index contributed by atoms with van der Waals surface area (Å²) in [4.78, 5) is 48.8. The molecule has 0 radical (unpaired) electrons. The van der Waals surface area contributed by atoms with Crippen LogP contribution in [-0.2, 0) is 23.8 Å². The van der Waals surface area contributed by atoms with Crippen LogP contribution in [0.2, 0.25) is 0 Å². The first kappa shape index (κ1) is 24.5. The van der Waals surface area contributed by atoms with Crippen molar-refractivity contribution in [2.75, 3.05) is 26.3 Å². The Hall–Kier alpha value is -2.52. The molecule has 1 aliphatic carbocycles. The Morgan fingerprint density at radius 3 is 2.10 bits per heavy atom. The van der Waals surface area contributed by atoms with E-state index in [4.69, 9.17) is 14.2 Å². The Morgan fingerprint density at radius 2 is 1.59 bits per heavy atom. The first-order chi connectivity index (χ1) is 13.6. The van der Waals surface area contributed by atoms with Gasteiger partial charge in [0, 0.05) is 19.0 Å². The second-order valence-corrected chi connectivity index (χ2v) is 7.64. The van der Waals surface area contributed by atoms with Crippen LogP contribution in [0.4, 0.5) is 9.59 Å². The minimum atomic E-state index is -1.10. The molecule has 1 fully saturated rings. The third-order valence-electron chi connectivity index (χ3n) is 4.22. The fourth-order valence-electron chi connectivity index (χ4n) is 3.10. The van der Waals surface area contributed by atoms with Gasteiger partial charge in [0.05, 0.1) is 19.1 Å². The molecule has 0 aliphatic heterocycles. The number of nitrogens with one attached hydrogen (secondary N) is 3. The van der Waals surface area contributed by atoms with E-state index >= 15 is 0 Å². The van der Waals surface area contributed by atoms with Gasteiger partial charge in [-0.2, -0.15) is 0 Å². The summed E-state index contributed by atoms with van der Waals surface area (Å²) in [5.74, 6) is -2.77. The van der Waals surface area contributed by atoms with Crippen molar-refractivity contribution in [3.05, 3.63) is 0 Å². The lowest BCUT2D eigenvalue weighted by molar-refractivity contribution is -0.147. The summed E-state index contributed by atoms with van der Waals surface area (Å²) in [6, 6.07) is -1.48. The molecule has 0 saturated heterocycles. The van der Waals surface area contributed by atoms with Crippen molar-refractivity contribution < 1.29 is 33.4 Å². The van der Waals surface area contributed by atoms with Crippen LogP contribution >= 0.6 is 0 Å². The zero-order valence-corrected chi connectivity index (χ0v) is 18.0. The topological polar surface area (TPSA) is 132 Å². The second-order valence-electron chi connectivity index (χ2n) is 7.64. The van der Waals surface area contributed by atoms with Crippen molar-refractivity contribution >= 4 is 24.1 Å². The molecule has 0 spiro atoms. The average Bonchev–Trinajstić information content (AvgIpc) is 3.31. The molecule has 166 valence electrons. The van der Waals surface area contributed by atoms with Crippen LogP contribution in [0, 0.1) is 17.8 Å². The Bertz CT molecular complexity index is 603. The molecule has 10 heteroatoms. The minimum absolute atomic E-state index is 0.115. The number of carbonyl (C=O) groups excluding carboxylic acids is 4. The monoisotopic (exact) mass is 415 g/mol. The Balaban J connectivity index is 2.97. The van der Waals surface area contributed by atoms with Crippen molar-refractivity contribution in [1.29, 1.82) is 0 Å². The predicted octanol–water partition coefficient (Wildman–Crippen LogP) is 1.19. The molecule has 3 amide bonds. The van der Waals surface area contributed by atoms with Crippen LogP contribution in [0.25, 0.3) is 0 Å². The van der Waals surface area contributed by atoms with Gasteiger partial charge >= 0.3 is 24.1 Å². The van der Waals surface area contributed by atoms with E-state index in [0.29, 0.717) is 6.54 Å². The first-order valence-electron chi connectivity index (χ1n) is 9.90. The van der Waals surface area contributed by atoms with E-state index < -0.39 is 41.5 Å². The predicted molar refractivity (Wildman–Crippen MR) is 104 cm³/mol. The highest BCUT2D eigenvalue weighted by Crippen LogP contribution is 2.49. The van der Waals surface area contributed by atoms with Crippen molar-refractivity contribution in [3.8, 4) is 0 Å². The number of hydrogen-bond donors (Lipinski definition) is 3. The van der Waals surface area contributed by atoms with Crippen molar-refractivity contribution in [3.63, 3.8) is 0 Å². The molecule has 0 aromatic heterocycles. The molecule has 0 bridgehead atoms. The van der Waals surface area contributed by atoms with Crippen LogP contribution in [-0.4, -0.2) is 62.0 Å². The summed E-state index contributed by atoms with van der Waals surface area (Å²) < 4.78 is 15.4. The summed E-state index contributed by atoms with van der Waals surface area (Å²) in [5, 5.41) is 7.78. The molecule has 0 aromatic carbocycles. The quantitative estimate of drug-likeness (QED) is 0.381. The number of rotatable bonds is 9. The number of urea groups is 1. The highest BCUT2D eigenvalue weighted by atomic mass is 16.6. The average molecular weight is 415 g/mol. The maximum atomic E-state index is 12.5. The minimum Gasteiger partial charge on any atom is -0.466 e. The number of amides is 3. The van der Waals surface area contributed by atoms with Gasteiger partial charge in [-0.25, -0.2) is 14.4 Å². The largest absolute Gasteiger partial charge is 0.466 e. The summed E-state index contributed by atoms with van der Waals surface area (Å²) in [6.07, 6.45) is -0.791. The summed E-state index contributed by atoms with van der Waals surface area (Å²) in [7, 11) is 0. The highest BCUT2D eigenvalue weighted by molar-refractivity contribution is 5.86. The number of alkyl carbamates (subject to hydrolysis) is 1. The van der Waals surface area contributed by atoms with Gasteiger partial charge < -0.3 is 30.2 Å². The zero-order valence-electron chi connectivity index (χ0n) is 18.0. The van der Waals surface area contributed by atoms with E-state index in [1.807, 2.05) is 0 Å². The SMILES string of the molecule is CCNC(=O)NC[C@@H]1[C@@H](C(=O)OCC)[C@@H]1[C@@H](NC(=O)OC(C)(C)C)C(=O)OCC. The van der Waals surface area contributed by atoms with Gasteiger partial charge in [0.1, 0.15) is 11.6 Å². The smallest absolute Gasteiger partial charge is 0.408 e. The second kappa shape index (κ2) is 10.9. The summed E-state index contributed by atoms with van der Waals surface area (Å²) in [5.41, 5.74) is -0.757. The summed E-state index contributed by atoms with van der Waals surface area (Å²) >= 11 is 0. The fourth-order valence-corrected chi connectivity index (χ4v) is 3.10. The molecule has 1 saturated carbocycles. The number of hydrogen-bond acceptors (Lipinski definition) is 7. The molecular weight excluding hydrogens is 382 g/mol. The molecule has 4 atom stereocenters. The normalized spacial score (nSPS) is 21.4. The first-order valence-corrected chi connectivity index (χ1v) is 9.90. The van der Waals surface area contributed by atoms with Gasteiger partial charge in [-0.3, -0.25) is 4.79 Å². The van der Waals surface area contributed by atoms with Crippen LogP contribution in [0.1, 0.15) is 41.5 Å². The van der Waals surface area contributed by atoms with E-state index in [2.05, 4.69) is 16.0 Å². The fraction of sp³-hybridized carbons (Fsp3) is 0.789. The van der Waals surface area contributed by atoms with Crippen molar-refractivity contribution in [2.45, 2.75) is 53.2 Å². The Morgan fingerprint density at radius 1 is 0.966 bits per heavy atom. The van der Waals surface area contributed by atoms with E-state index in [1.165, 1.54) is 0 Å². The molecular formula is C19H33N3O7. The van der Waals surface area contributed by atoms with Gasteiger partial charge in [0.25, 0.3) is 0 Å². The molecule has 1 aliphatic rings. The molecule has 0 unspecified atom stereocenters. The van der Waals surface area contributed by atoms with Gasteiger partial charge in [-0.15, -0.1) is 0 Å². The highest BCUT2D eigenvalue weighted by Gasteiger charge is 2.61. The van der Waals surface area contributed by atoms with E-state index in [-0.39, 0.29) is 31.7 Å². The lowest BCUT2D eigenvalue weighted by Gasteiger charge is -2.23. The van der Waals surface area contributed by atoms with Gasteiger partial charge in [-0.1, -0.05) is 0 Å². The standard InChI is InChI=1S/C19H33N3O7/c1-7-20-17(25)21-10-11-12(13(11)15(23)27-8-2)14(16(24)28-9-3)22-18(26)29-19(4,5)6/h11-14H,7-10H2,1-6H3,(H,22,26)(H2,20,21,25)/t11-,12+,13+,14+/m0/s1. The molecule has 3 N–H and O–H groups in total. The molecule has 0 aromatic rings. The van der Waals surface area contributed by atoms with E-state index in [1.54, 1.807) is 41.5 Å². The Labute approximate surface area is 171 Å². The van der Waals surface area contributed by atoms with Crippen LogP contribution in [0.5, 0.6) is 0 Å². The molecule has 0 heterocycles. The van der Waals surface area contributed by atoms with Crippen LogP contribution in [0.3, 0.4) is 0 Å². The third-order valence-corrected chi connectivity index (χ3v) is 4.22. The zero-order chi connectivity index (χ0) is 22.2. The summed E-state index contributed by atoms with van der Waals surface area (Å²) in [6.45, 7) is 11.1. The van der Waals surface area contributed by atoms with E-state index in [0.717, 1.165) is 0 Å². The third kappa shape index (κ3) is 7.78. The maximum Gasteiger partial charge on any atom is 0.408 e. The maximum absolute atomic E-state index is 12.5. The lowest BCUT2D eigenvalue weighted by atomic mass is 10.1. The number of carbonyl (C=O) groups is 4.